The van der Waals surface area contributed by atoms with Crippen LogP contribution in [0.1, 0.15) is 106 Å². The lowest BCUT2D eigenvalue weighted by atomic mass is 9.59. The molecule has 3 aliphatic carbocycles. The van der Waals surface area contributed by atoms with E-state index in [9.17, 15) is 9.90 Å². The highest BCUT2D eigenvalue weighted by molar-refractivity contribution is 6.30. The molecule has 292 valence electrons. The van der Waals surface area contributed by atoms with E-state index < -0.39 is 11.5 Å². The number of pyridine rings is 1. The summed E-state index contributed by atoms with van der Waals surface area (Å²) in [5.74, 6) is 2.26. The Kier molecular flexibility index (Phi) is 12.4. The summed E-state index contributed by atoms with van der Waals surface area (Å²) in [7, 11) is 2.18. The Labute approximate surface area is 332 Å². The van der Waals surface area contributed by atoms with Crippen LogP contribution in [0.25, 0.3) is 0 Å². The van der Waals surface area contributed by atoms with Gasteiger partial charge in [0, 0.05) is 34.7 Å². The number of aliphatic carboxylic acids is 1. The van der Waals surface area contributed by atoms with E-state index in [2.05, 4.69) is 84.6 Å². The number of carboxylic acids is 1. The summed E-state index contributed by atoms with van der Waals surface area (Å²) in [5.41, 5.74) is 6.09. The molecule has 0 radical (unpaired) electrons. The zero-order chi connectivity index (χ0) is 38.4. The fraction of sp³-hybridized carbons (Fsp3) is 0.489. The molecule has 3 atom stereocenters. The fourth-order valence-corrected chi connectivity index (χ4v) is 10.0. The summed E-state index contributed by atoms with van der Waals surface area (Å²) in [6.07, 6.45) is 11.9. The highest BCUT2D eigenvalue weighted by Gasteiger charge is 2.54. The van der Waals surface area contributed by atoms with Crippen molar-refractivity contribution in [1.82, 2.24) is 9.88 Å². The number of anilines is 1. The van der Waals surface area contributed by atoms with Gasteiger partial charge in [0.2, 0.25) is 0 Å². The zero-order valence-electron chi connectivity index (χ0n) is 32.9. The van der Waals surface area contributed by atoms with Gasteiger partial charge < -0.3 is 24.8 Å². The number of nitrogens with one attached hydrogen (secondary N) is 1. The fourth-order valence-electron chi connectivity index (χ4n) is 9.81. The van der Waals surface area contributed by atoms with E-state index in [4.69, 9.17) is 21.1 Å². The third kappa shape index (κ3) is 8.99. The molecule has 0 bridgehead atoms. The highest BCUT2D eigenvalue weighted by atomic mass is 35.5. The summed E-state index contributed by atoms with van der Waals surface area (Å²) in [6, 6.07) is 26.8. The van der Waals surface area contributed by atoms with Crippen LogP contribution < -0.4 is 14.8 Å². The van der Waals surface area contributed by atoms with Crippen molar-refractivity contribution >= 4 is 23.3 Å². The van der Waals surface area contributed by atoms with Crippen molar-refractivity contribution in [2.45, 2.75) is 108 Å². The van der Waals surface area contributed by atoms with Crippen LogP contribution in [0, 0.1) is 11.8 Å². The Morgan fingerprint density at radius 1 is 1.02 bits per heavy atom. The van der Waals surface area contributed by atoms with Gasteiger partial charge in [0.25, 0.3) is 0 Å². The first-order chi connectivity index (χ1) is 26.6. The lowest BCUT2D eigenvalue weighted by Gasteiger charge is -2.47. The molecule has 4 aromatic rings. The van der Waals surface area contributed by atoms with Crippen LogP contribution in [0.4, 0.5) is 5.69 Å². The van der Waals surface area contributed by atoms with Crippen LogP contribution in [0.5, 0.6) is 11.5 Å². The summed E-state index contributed by atoms with van der Waals surface area (Å²) >= 11 is 6.31. The predicted molar refractivity (Wildman–Crippen MR) is 222 cm³/mol. The monoisotopic (exact) mass is 763 g/mol. The molecule has 55 heavy (non-hydrogen) atoms. The van der Waals surface area contributed by atoms with E-state index in [1.54, 1.807) is 0 Å². The van der Waals surface area contributed by atoms with Crippen LogP contribution in [-0.2, 0) is 29.6 Å². The second kappa shape index (κ2) is 17.4. The lowest BCUT2D eigenvalue weighted by Crippen LogP contribution is -2.53. The number of fused-ring (bicyclic) bond motifs is 3. The van der Waals surface area contributed by atoms with Crippen LogP contribution in [-0.4, -0.2) is 53.3 Å². The summed E-state index contributed by atoms with van der Waals surface area (Å²) in [5, 5.41) is 14.7. The number of aromatic nitrogens is 1. The van der Waals surface area contributed by atoms with Crippen LogP contribution in [0.2, 0.25) is 5.02 Å². The first-order valence-corrected chi connectivity index (χ1v) is 20.9. The largest absolute Gasteiger partial charge is 0.494 e. The molecular formula is C47H58ClN3O4. The second-order valence-corrected chi connectivity index (χ2v) is 17.2. The average Bonchev–Trinajstić information content (AvgIpc) is 3.46. The molecule has 1 unspecified atom stereocenters. The minimum atomic E-state index is -1.06. The first kappa shape index (κ1) is 39.2. The normalized spacial score (nSPS) is 23.6. The number of hydrogen-bond donors (Lipinski definition) is 2. The number of nitrogens with zero attached hydrogens (tertiary/aromatic N) is 2. The number of rotatable bonds is 16. The van der Waals surface area contributed by atoms with Gasteiger partial charge in [-0.05, 0) is 160 Å². The van der Waals surface area contributed by atoms with Crippen molar-refractivity contribution < 1.29 is 19.4 Å². The van der Waals surface area contributed by atoms with E-state index in [0.29, 0.717) is 48.8 Å². The standard InChI is InChI=1S/C47H58ClN3O4/c1-33(32-55-43-19-24-49-42-16-9-11-34(2)44(42)43)27-37-28-36-17-18-40(54-26-8-7-25-51(3)31-35-12-5-4-6-13-35)30-41(36)46(37)20-22-47(23-21-46,45(52)53)50-39-15-10-14-38(48)29-39/h4-6,10,12-15,17-19,24,29-30,33-34,37,50H,7-9,11,16,20-23,25-28,31-32H2,1-3H3,(H,52,53)/t33-,34-,37?,46?,47?/m1/s1. The zero-order valence-corrected chi connectivity index (χ0v) is 33.6. The van der Waals surface area contributed by atoms with Crippen LogP contribution in [0.3, 0.4) is 0 Å². The average molecular weight is 764 g/mol. The smallest absolute Gasteiger partial charge is 0.329 e. The third-order valence-electron chi connectivity index (χ3n) is 12.8. The number of ether oxygens (including phenoxy) is 2. The molecule has 1 saturated carbocycles. The first-order valence-electron chi connectivity index (χ1n) is 20.5. The van der Waals surface area contributed by atoms with E-state index >= 15 is 0 Å². The molecule has 1 spiro atoms. The van der Waals surface area contributed by atoms with Gasteiger partial charge >= 0.3 is 5.97 Å². The Hall–Kier alpha value is -4.07. The maximum absolute atomic E-state index is 13.0. The molecule has 1 fully saturated rings. The Balaban J connectivity index is 1.05. The predicted octanol–water partition coefficient (Wildman–Crippen LogP) is 10.5. The molecule has 7 rings (SSSR count). The van der Waals surface area contributed by atoms with Gasteiger partial charge in [0.15, 0.2) is 0 Å². The third-order valence-corrected chi connectivity index (χ3v) is 13.0. The van der Waals surface area contributed by atoms with Crippen molar-refractivity contribution in [3.8, 4) is 11.5 Å². The molecule has 1 aromatic heterocycles. The summed E-state index contributed by atoms with van der Waals surface area (Å²) in [4.78, 5) is 20.1. The maximum atomic E-state index is 13.0. The summed E-state index contributed by atoms with van der Waals surface area (Å²) < 4.78 is 13.0. The Morgan fingerprint density at radius 2 is 1.84 bits per heavy atom. The van der Waals surface area contributed by atoms with Crippen LogP contribution >= 0.6 is 11.6 Å². The van der Waals surface area contributed by atoms with Gasteiger partial charge in [-0.15, -0.1) is 0 Å². The SMILES string of the molecule is C[C@@H](COc1ccnc2c1[C@H](C)CCC2)CC1Cc2ccc(OCCCCN(C)Cc3ccccc3)cc2C12CCC(Nc1cccc(Cl)c1)(C(=O)O)CC2. The Bertz CT molecular complexity index is 1910. The quantitative estimate of drug-likeness (QED) is 0.110. The topological polar surface area (TPSA) is 83.9 Å². The summed E-state index contributed by atoms with van der Waals surface area (Å²) in [6.45, 7) is 7.89. The van der Waals surface area contributed by atoms with Gasteiger partial charge in [-0.2, -0.15) is 0 Å². The molecule has 8 heteroatoms. The van der Waals surface area contributed by atoms with E-state index in [1.165, 1.54) is 40.8 Å². The van der Waals surface area contributed by atoms with Gasteiger partial charge in [0.05, 0.1) is 13.2 Å². The maximum Gasteiger partial charge on any atom is 0.329 e. The van der Waals surface area contributed by atoms with Crippen molar-refractivity contribution in [1.29, 1.82) is 0 Å². The highest BCUT2D eigenvalue weighted by Crippen LogP contribution is 2.57. The van der Waals surface area contributed by atoms with Crippen LogP contribution in [0.15, 0.2) is 85.1 Å². The number of halogens is 1. The molecule has 3 aromatic carbocycles. The second-order valence-electron chi connectivity index (χ2n) is 16.8. The van der Waals surface area contributed by atoms with Crippen molar-refractivity contribution in [3.63, 3.8) is 0 Å². The van der Waals surface area contributed by atoms with Gasteiger partial charge in [-0.25, -0.2) is 4.79 Å². The number of aryl methyl sites for hydroxylation is 1. The number of carboxylic acid groups (broad SMARTS) is 1. The van der Waals surface area contributed by atoms with E-state index in [1.807, 2.05) is 36.5 Å². The number of carbonyl (C=O) groups is 1. The molecular weight excluding hydrogens is 706 g/mol. The molecule has 1 heterocycles. The minimum absolute atomic E-state index is 0.136. The Morgan fingerprint density at radius 3 is 2.62 bits per heavy atom. The van der Waals surface area contributed by atoms with Gasteiger partial charge in [-0.1, -0.05) is 67.9 Å². The number of unbranched alkanes of at least 4 members (excludes halogenated alkanes) is 1. The molecule has 7 nitrogen and oxygen atoms in total. The molecule has 2 N–H and O–H groups in total. The van der Waals surface area contributed by atoms with E-state index in [-0.39, 0.29) is 5.41 Å². The molecule has 3 aliphatic rings. The lowest BCUT2D eigenvalue weighted by molar-refractivity contribution is -0.144. The number of hydrogen-bond acceptors (Lipinski definition) is 6. The van der Waals surface area contributed by atoms with E-state index in [0.717, 1.165) is 75.2 Å². The van der Waals surface area contributed by atoms with Gasteiger partial charge in [-0.3, -0.25) is 4.98 Å². The van der Waals surface area contributed by atoms with Crippen molar-refractivity contribution in [2.75, 3.05) is 32.1 Å². The van der Waals surface area contributed by atoms with Crippen molar-refractivity contribution in [2.24, 2.45) is 11.8 Å². The van der Waals surface area contributed by atoms with Crippen molar-refractivity contribution in [3.05, 3.63) is 118 Å². The molecule has 0 amide bonds. The molecule has 0 aliphatic heterocycles. The minimum Gasteiger partial charge on any atom is -0.494 e. The van der Waals surface area contributed by atoms with Gasteiger partial charge in [0.1, 0.15) is 17.0 Å². The molecule has 0 saturated heterocycles. The number of benzene rings is 3.